The summed E-state index contributed by atoms with van der Waals surface area (Å²) in [6, 6.07) is 5.94. The number of nitrogens with two attached hydrogens (primary N) is 1. The maximum atomic E-state index is 12.7. The first-order valence-electron chi connectivity index (χ1n) is 6.43. The summed E-state index contributed by atoms with van der Waals surface area (Å²) in [5, 5.41) is 3.00. The van der Waals surface area contributed by atoms with Gasteiger partial charge in [0.25, 0.3) is 0 Å². The normalized spacial score (nSPS) is 13.4. The van der Waals surface area contributed by atoms with Gasteiger partial charge >= 0.3 is 0 Å². The molecule has 1 aromatic carbocycles. The summed E-state index contributed by atoms with van der Waals surface area (Å²) in [6.07, 6.45) is -0.0849. The standard InChI is InChI=1S/C14H22FN3O/c1-10(2)8-17-14(16)18-9-11(3)19-13-6-4-12(15)5-7-13/h4-7,10-11H,8-9H2,1-3H3,(H3,16,17,18). The summed E-state index contributed by atoms with van der Waals surface area (Å²) in [6.45, 7) is 7.32. The Morgan fingerprint density at radius 1 is 1.32 bits per heavy atom. The van der Waals surface area contributed by atoms with E-state index in [1.807, 2.05) is 6.92 Å². The average Bonchev–Trinajstić information content (AvgIpc) is 2.36. The highest BCUT2D eigenvalue weighted by atomic mass is 19.1. The molecule has 1 aromatic rings. The second kappa shape index (κ2) is 7.61. The number of ether oxygens (including phenoxy) is 1. The van der Waals surface area contributed by atoms with Crippen LogP contribution in [0.4, 0.5) is 4.39 Å². The summed E-state index contributed by atoms with van der Waals surface area (Å²) in [5.74, 6) is 1.26. The molecule has 1 atom stereocenters. The molecule has 0 amide bonds. The van der Waals surface area contributed by atoms with E-state index in [4.69, 9.17) is 10.5 Å². The fourth-order valence-corrected chi connectivity index (χ4v) is 1.37. The summed E-state index contributed by atoms with van der Waals surface area (Å²) in [5.41, 5.74) is 5.72. The minimum Gasteiger partial charge on any atom is -0.489 e. The Morgan fingerprint density at radius 2 is 1.95 bits per heavy atom. The summed E-state index contributed by atoms with van der Waals surface area (Å²) in [4.78, 5) is 4.19. The molecule has 0 aliphatic heterocycles. The Labute approximate surface area is 113 Å². The number of aliphatic imine (C=N–C) groups is 1. The zero-order valence-electron chi connectivity index (χ0n) is 11.7. The van der Waals surface area contributed by atoms with Crippen molar-refractivity contribution in [3.8, 4) is 5.75 Å². The zero-order valence-corrected chi connectivity index (χ0v) is 11.7. The van der Waals surface area contributed by atoms with Gasteiger partial charge in [-0.1, -0.05) is 13.8 Å². The molecule has 0 fully saturated rings. The van der Waals surface area contributed by atoms with Crippen LogP contribution in [-0.2, 0) is 0 Å². The maximum absolute atomic E-state index is 12.7. The first kappa shape index (κ1) is 15.3. The van der Waals surface area contributed by atoms with Crippen LogP contribution in [0.1, 0.15) is 20.8 Å². The Hall–Kier alpha value is -1.78. The van der Waals surface area contributed by atoms with Gasteiger partial charge in [-0.05, 0) is 37.1 Å². The largest absolute Gasteiger partial charge is 0.489 e. The lowest BCUT2D eigenvalue weighted by atomic mass is 10.2. The lowest BCUT2D eigenvalue weighted by Crippen LogP contribution is -2.38. The van der Waals surface area contributed by atoms with Crippen molar-refractivity contribution in [3.63, 3.8) is 0 Å². The Bertz CT molecular complexity index is 404. The number of benzene rings is 1. The molecule has 106 valence electrons. The number of nitrogens with one attached hydrogen (secondary N) is 1. The number of guanidine groups is 1. The van der Waals surface area contributed by atoms with E-state index in [1.54, 1.807) is 12.1 Å². The fraction of sp³-hybridized carbons (Fsp3) is 0.500. The Morgan fingerprint density at radius 3 is 2.53 bits per heavy atom. The van der Waals surface area contributed by atoms with Gasteiger partial charge in [0.1, 0.15) is 17.7 Å². The molecule has 0 aliphatic carbocycles. The maximum Gasteiger partial charge on any atom is 0.188 e. The molecule has 0 aromatic heterocycles. The molecule has 1 unspecified atom stereocenters. The monoisotopic (exact) mass is 267 g/mol. The quantitative estimate of drug-likeness (QED) is 0.613. The number of nitrogens with zero attached hydrogens (tertiary/aromatic N) is 1. The summed E-state index contributed by atoms with van der Waals surface area (Å²) < 4.78 is 18.3. The Kier molecular flexibility index (Phi) is 6.12. The number of hydrogen-bond acceptors (Lipinski definition) is 2. The average molecular weight is 267 g/mol. The van der Waals surface area contributed by atoms with Crippen LogP contribution >= 0.6 is 0 Å². The molecule has 19 heavy (non-hydrogen) atoms. The highest BCUT2D eigenvalue weighted by Crippen LogP contribution is 2.12. The van der Waals surface area contributed by atoms with E-state index >= 15 is 0 Å². The third kappa shape index (κ3) is 6.64. The van der Waals surface area contributed by atoms with Gasteiger partial charge in [0.15, 0.2) is 5.96 Å². The minimum atomic E-state index is -0.275. The van der Waals surface area contributed by atoms with Crippen LogP contribution < -0.4 is 15.8 Å². The van der Waals surface area contributed by atoms with E-state index < -0.39 is 0 Å². The van der Waals surface area contributed by atoms with Crippen LogP contribution in [0, 0.1) is 11.7 Å². The molecule has 0 saturated heterocycles. The van der Waals surface area contributed by atoms with Crippen molar-refractivity contribution in [1.82, 2.24) is 5.32 Å². The third-order valence-corrected chi connectivity index (χ3v) is 2.35. The zero-order chi connectivity index (χ0) is 14.3. The van der Waals surface area contributed by atoms with Gasteiger partial charge < -0.3 is 15.8 Å². The van der Waals surface area contributed by atoms with Crippen molar-refractivity contribution in [3.05, 3.63) is 30.1 Å². The van der Waals surface area contributed by atoms with Crippen LogP contribution in [-0.4, -0.2) is 25.2 Å². The topological polar surface area (TPSA) is 59.6 Å². The molecule has 0 heterocycles. The SMILES string of the molecule is CC(C)CN=C(N)NCC(C)Oc1ccc(F)cc1. The van der Waals surface area contributed by atoms with Gasteiger partial charge in [0.2, 0.25) is 0 Å². The van der Waals surface area contributed by atoms with Crippen molar-refractivity contribution < 1.29 is 9.13 Å². The lowest BCUT2D eigenvalue weighted by Gasteiger charge is -2.15. The highest BCUT2D eigenvalue weighted by Gasteiger charge is 2.04. The molecular weight excluding hydrogens is 245 g/mol. The van der Waals surface area contributed by atoms with E-state index in [0.717, 1.165) is 0 Å². The number of hydrogen-bond donors (Lipinski definition) is 2. The molecule has 0 bridgehead atoms. The molecule has 0 radical (unpaired) electrons. The predicted octanol–water partition coefficient (Wildman–Crippen LogP) is 2.15. The molecule has 1 rings (SSSR count). The van der Waals surface area contributed by atoms with Crippen LogP contribution in [0.3, 0.4) is 0 Å². The molecular formula is C14H22FN3O. The molecule has 3 N–H and O–H groups in total. The van der Waals surface area contributed by atoms with E-state index in [-0.39, 0.29) is 11.9 Å². The van der Waals surface area contributed by atoms with Crippen LogP contribution in [0.15, 0.2) is 29.3 Å². The summed E-state index contributed by atoms with van der Waals surface area (Å²) in [7, 11) is 0. The van der Waals surface area contributed by atoms with Gasteiger partial charge in [0, 0.05) is 6.54 Å². The second-order valence-corrected chi connectivity index (χ2v) is 4.88. The van der Waals surface area contributed by atoms with Gasteiger partial charge in [-0.2, -0.15) is 0 Å². The van der Waals surface area contributed by atoms with E-state index in [1.165, 1.54) is 12.1 Å². The first-order valence-corrected chi connectivity index (χ1v) is 6.43. The molecule has 0 saturated carbocycles. The van der Waals surface area contributed by atoms with E-state index in [2.05, 4.69) is 24.2 Å². The van der Waals surface area contributed by atoms with Gasteiger partial charge in [-0.3, -0.25) is 4.99 Å². The fourth-order valence-electron chi connectivity index (χ4n) is 1.37. The molecule has 0 aliphatic rings. The minimum absolute atomic E-state index is 0.0849. The Balaban J connectivity index is 2.33. The second-order valence-electron chi connectivity index (χ2n) is 4.88. The highest BCUT2D eigenvalue weighted by molar-refractivity contribution is 5.77. The summed E-state index contributed by atoms with van der Waals surface area (Å²) >= 11 is 0. The first-order chi connectivity index (χ1) is 8.97. The lowest BCUT2D eigenvalue weighted by molar-refractivity contribution is 0.224. The van der Waals surface area contributed by atoms with Crippen LogP contribution in [0.2, 0.25) is 0 Å². The third-order valence-electron chi connectivity index (χ3n) is 2.35. The number of halogens is 1. The van der Waals surface area contributed by atoms with Gasteiger partial charge in [-0.25, -0.2) is 4.39 Å². The van der Waals surface area contributed by atoms with Crippen molar-refractivity contribution in [2.45, 2.75) is 26.9 Å². The molecule has 0 spiro atoms. The predicted molar refractivity (Wildman–Crippen MR) is 75.8 cm³/mol. The van der Waals surface area contributed by atoms with Gasteiger partial charge in [0.05, 0.1) is 6.54 Å². The van der Waals surface area contributed by atoms with E-state index in [9.17, 15) is 4.39 Å². The van der Waals surface area contributed by atoms with Crippen molar-refractivity contribution in [1.29, 1.82) is 0 Å². The van der Waals surface area contributed by atoms with Crippen LogP contribution in [0.25, 0.3) is 0 Å². The van der Waals surface area contributed by atoms with Crippen LogP contribution in [0.5, 0.6) is 5.75 Å². The molecule has 5 heteroatoms. The van der Waals surface area contributed by atoms with Crippen molar-refractivity contribution in [2.75, 3.05) is 13.1 Å². The number of rotatable bonds is 6. The van der Waals surface area contributed by atoms with Crippen molar-refractivity contribution >= 4 is 5.96 Å². The van der Waals surface area contributed by atoms with Crippen molar-refractivity contribution in [2.24, 2.45) is 16.6 Å². The van der Waals surface area contributed by atoms with Gasteiger partial charge in [-0.15, -0.1) is 0 Å². The van der Waals surface area contributed by atoms with E-state index in [0.29, 0.717) is 30.7 Å². The smallest absolute Gasteiger partial charge is 0.188 e. The molecule has 4 nitrogen and oxygen atoms in total.